The van der Waals surface area contributed by atoms with Crippen molar-refractivity contribution in [2.24, 2.45) is 0 Å². The van der Waals surface area contributed by atoms with Crippen molar-refractivity contribution in [3.05, 3.63) is 29.3 Å². The maximum Gasteiger partial charge on any atom is 0.410 e. The van der Waals surface area contributed by atoms with Gasteiger partial charge in [-0.05, 0) is 27.2 Å². The Balaban J connectivity index is 2.11. The normalized spacial score (nSPS) is 18.9. The Morgan fingerprint density at radius 3 is 2.43 bits per heavy atom. The second kappa shape index (κ2) is 5.50. The number of hydrogen-bond donors (Lipinski definition) is 1. The van der Waals surface area contributed by atoms with Crippen LogP contribution in [0.5, 0.6) is 5.75 Å². The number of benzene rings is 1. The van der Waals surface area contributed by atoms with Crippen molar-refractivity contribution in [1.82, 2.24) is 4.90 Å². The number of hydrogen-bond acceptors (Lipinski definition) is 3. The summed E-state index contributed by atoms with van der Waals surface area (Å²) < 4.78 is 32.9. The molecule has 116 valence electrons. The molecule has 1 fully saturated rings. The molecule has 6 heteroatoms. The van der Waals surface area contributed by atoms with E-state index in [0.717, 1.165) is 12.1 Å². The van der Waals surface area contributed by atoms with Gasteiger partial charge in [0.1, 0.15) is 23.0 Å². The van der Waals surface area contributed by atoms with E-state index in [0.29, 0.717) is 13.0 Å². The molecule has 1 amide bonds. The molecule has 0 aromatic heterocycles. The van der Waals surface area contributed by atoms with Gasteiger partial charge in [0.25, 0.3) is 0 Å². The van der Waals surface area contributed by atoms with Gasteiger partial charge in [0.2, 0.25) is 0 Å². The van der Waals surface area contributed by atoms with Gasteiger partial charge in [-0.1, -0.05) is 0 Å². The summed E-state index contributed by atoms with van der Waals surface area (Å²) in [5, 5.41) is 9.16. The quantitative estimate of drug-likeness (QED) is 0.864. The van der Waals surface area contributed by atoms with Crippen molar-refractivity contribution in [1.29, 1.82) is 0 Å². The van der Waals surface area contributed by atoms with Crippen LogP contribution in [0.3, 0.4) is 0 Å². The van der Waals surface area contributed by atoms with Gasteiger partial charge in [-0.3, -0.25) is 0 Å². The summed E-state index contributed by atoms with van der Waals surface area (Å²) in [4.78, 5) is 13.4. The minimum atomic E-state index is -0.788. The monoisotopic (exact) mass is 299 g/mol. The van der Waals surface area contributed by atoms with Gasteiger partial charge in [-0.2, -0.15) is 0 Å². The van der Waals surface area contributed by atoms with Gasteiger partial charge in [-0.15, -0.1) is 0 Å². The molecule has 0 radical (unpaired) electrons. The maximum absolute atomic E-state index is 13.8. The summed E-state index contributed by atoms with van der Waals surface area (Å²) in [6, 6.07) is 1.77. The number of amides is 1. The van der Waals surface area contributed by atoms with Crippen LogP contribution in [0.15, 0.2) is 12.1 Å². The van der Waals surface area contributed by atoms with Crippen molar-refractivity contribution >= 4 is 6.09 Å². The second-order valence-electron chi connectivity index (χ2n) is 6.24. The molecule has 1 aromatic rings. The largest absolute Gasteiger partial charge is 0.508 e. The first-order valence-corrected chi connectivity index (χ1v) is 6.83. The van der Waals surface area contributed by atoms with Crippen LogP contribution in [0.25, 0.3) is 0 Å². The highest BCUT2D eigenvalue weighted by Gasteiger charge is 2.33. The van der Waals surface area contributed by atoms with Crippen molar-refractivity contribution in [2.75, 3.05) is 13.1 Å². The molecule has 1 unspecified atom stereocenters. The molecule has 1 saturated heterocycles. The van der Waals surface area contributed by atoms with Crippen molar-refractivity contribution in [3.8, 4) is 5.75 Å². The lowest BCUT2D eigenvalue weighted by molar-refractivity contribution is 0.0292. The molecule has 1 aliphatic heterocycles. The van der Waals surface area contributed by atoms with E-state index >= 15 is 0 Å². The number of ether oxygens (including phenoxy) is 1. The molecule has 1 aromatic carbocycles. The number of aromatic hydroxyl groups is 1. The third-order valence-electron chi connectivity index (χ3n) is 3.31. The molecule has 1 aliphatic rings. The van der Waals surface area contributed by atoms with Crippen LogP contribution in [0.1, 0.15) is 38.7 Å². The van der Waals surface area contributed by atoms with Crippen LogP contribution >= 0.6 is 0 Å². The zero-order valence-corrected chi connectivity index (χ0v) is 12.3. The molecule has 1 atom stereocenters. The van der Waals surface area contributed by atoms with Gasteiger partial charge in [0, 0.05) is 36.7 Å². The van der Waals surface area contributed by atoms with Gasteiger partial charge in [-0.25, -0.2) is 13.6 Å². The number of likely N-dealkylation sites (tertiary alicyclic amines) is 1. The summed E-state index contributed by atoms with van der Waals surface area (Å²) in [5.74, 6) is -2.46. The Bertz CT molecular complexity index is 531. The number of carbonyl (C=O) groups is 1. The lowest BCUT2D eigenvalue weighted by Crippen LogP contribution is -2.35. The highest BCUT2D eigenvalue weighted by atomic mass is 19.1. The summed E-state index contributed by atoms with van der Waals surface area (Å²) >= 11 is 0. The van der Waals surface area contributed by atoms with Gasteiger partial charge < -0.3 is 14.7 Å². The van der Waals surface area contributed by atoms with E-state index in [1.165, 1.54) is 4.90 Å². The summed E-state index contributed by atoms with van der Waals surface area (Å²) in [5.41, 5.74) is -0.691. The third-order valence-corrected chi connectivity index (χ3v) is 3.31. The fourth-order valence-electron chi connectivity index (χ4n) is 2.45. The van der Waals surface area contributed by atoms with Gasteiger partial charge in [0.05, 0.1) is 0 Å². The van der Waals surface area contributed by atoms with Crippen molar-refractivity contribution < 1.29 is 23.4 Å². The van der Waals surface area contributed by atoms with Crippen molar-refractivity contribution in [2.45, 2.75) is 38.7 Å². The molecule has 1 N–H and O–H groups in total. The van der Waals surface area contributed by atoms with Crippen LogP contribution < -0.4 is 0 Å². The number of rotatable bonds is 1. The average molecular weight is 299 g/mol. The van der Waals surface area contributed by atoms with E-state index in [1.807, 2.05) is 0 Å². The van der Waals surface area contributed by atoms with Gasteiger partial charge in [0.15, 0.2) is 0 Å². The minimum Gasteiger partial charge on any atom is -0.508 e. The summed E-state index contributed by atoms with van der Waals surface area (Å²) in [7, 11) is 0. The number of halogens is 2. The molecular weight excluding hydrogens is 280 g/mol. The Morgan fingerprint density at radius 2 is 1.90 bits per heavy atom. The molecule has 1 heterocycles. The van der Waals surface area contributed by atoms with Crippen LogP contribution in [-0.2, 0) is 4.74 Å². The lowest BCUT2D eigenvalue weighted by atomic mass is 9.97. The van der Waals surface area contributed by atoms with E-state index in [4.69, 9.17) is 9.84 Å². The fourth-order valence-corrected chi connectivity index (χ4v) is 2.45. The first-order valence-electron chi connectivity index (χ1n) is 6.83. The maximum atomic E-state index is 13.8. The number of phenolic OH excluding ortho intramolecular Hbond substituents is 1. The minimum absolute atomic E-state index is 0.0844. The van der Waals surface area contributed by atoms with Crippen molar-refractivity contribution in [3.63, 3.8) is 0 Å². The van der Waals surface area contributed by atoms with Crippen LogP contribution in [0, 0.1) is 11.6 Å². The fraction of sp³-hybridized carbons (Fsp3) is 0.533. The molecule has 4 nitrogen and oxygen atoms in total. The molecule has 0 spiro atoms. The van der Waals surface area contributed by atoms with Crippen LogP contribution in [-0.4, -0.2) is 34.8 Å². The molecule has 0 saturated carbocycles. The first-order chi connectivity index (χ1) is 9.67. The predicted octanol–water partition coefficient (Wildman–Crippen LogP) is 3.39. The Morgan fingerprint density at radius 1 is 1.33 bits per heavy atom. The predicted molar refractivity (Wildman–Crippen MR) is 73.2 cm³/mol. The summed E-state index contributed by atoms with van der Waals surface area (Å²) in [6.07, 6.45) is -0.0256. The standard InChI is InChI=1S/C15H19F2NO3/c1-15(2,3)21-14(20)18-5-4-9(8-18)13-11(16)6-10(19)7-12(13)17/h6-7,9,19H,4-5,8H2,1-3H3. The first kappa shape index (κ1) is 15.5. The highest BCUT2D eigenvalue weighted by molar-refractivity contribution is 5.68. The smallest absolute Gasteiger partial charge is 0.410 e. The number of carbonyl (C=O) groups excluding carboxylic acids is 1. The molecule has 0 bridgehead atoms. The Kier molecular flexibility index (Phi) is 4.07. The van der Waals surface area contributed by atoms with E-state index in [1.54, 1.807) is 20.8 Å². The van der Waals surface area contributed by atoms with E-state index in [9.17, 15) is 13.6 Å². The molecular formula is C15H19F2NO3. The number of nitrogens with zero attached hydrogens (tertiary/aromatic N) is 1. The second-order valence-corrected chi connectivity index (χ2v) is 6.24. The van der Waals surface area contributed by atoms with E-state index in [2.05, 4.69) is 0 Å². The molecule has 2 rings (SSSR count). The third kappa shape index (κ3) is 3.62. The zero-order chi connectivity index (χ0) is 15.8. The van der Waals surface area contributed by atoms with E-state index < -0.39 is 35.0 Å². The van der Waals surface area contributed by atoms with Gasteiger partial charge >= 0.3 is 6.09 Å². The highest BCUT2D eigenvalue weighted by Crippen LogP contribution is 2.33. The molecule has 0 aliphatic carbocycles. The number of phenols is 1. The lowest BCUT2D eigenvalue weighted by Gasteiger charge is -2.24. The van der Waals surface area contributed by atoms with Crippen LogP contribution in [0.2, 0.25) is 0 Å². The topological polar surface area (TPSA) is 49.8 Å². The molecule has 21 heavy (non-hydrogen) atoms. The summed E-state index contributed by atoms with van der Waals surface area (Å²) in [6.45, 7) is 5.88. The van der Waals surface area contributed by atoms with E-state index in [-0.39, 0.29) is 12.1 Å². The van der Waals surface area contributed by atoms with Crippen LogP contribution in [0.4, 0.5) is 13.6 Å². The zero-order valence-electron chi connectivity index (χ0n) is 12.3. The Labute approximate surface area is 122 Å². The SMILES string of the molecule is CC(C)(C)OC(=O)N1CCC(c2c(F)cc(O)cc2F)C1. The average Bonchev–Trinajstić information content (AvgIpc) is 2.74. The Hall–Kier alpha value is -1.85.